The Bertz CT molecular complexity index is 811. The zero-order chi connectivity index (χ0) is 30.1. The maximum Gasteiger partial charge on any atom is 0.508 e. The van der Waals surface area contributed by atoms with Crippen molar-refractivity contribution in [2.24, 2.45) is 0 Å². The summed E-state index contributed by atoms with van der Waals surface area (Å²) in [5, 5.41) is 18.5. The normalized spacial score (nSPS) is 13.8. The number of aliphatic carboxylic acids is 1. The van der Waals surface area contributed by atoms with E-state index in [2.05, 4.69) is 49.5 Å². The highest BCUT2D eigenvalue weighted by atomic mass is 16.7. The molecule has 228 valence electrons. The Kier molecular flexibility index (Phi) is 22.2. The second-order valence-electron chi connectivity index (χ2n) is 10.6. The quantitative estimate of drug-likeness (QED) is 0.0696. The molecule has 0 saturated carbocycles. The molecule has 0 aliphatic rings. The molecule has 2 atom stereocenters. The lowest BCUT2D eigenvalue weighted by Crippen LogP contribution is -2.44. The van der Waals surface area contributed by atoms with Crippen LogP contribution >= 0.6 is 0 Å². The van der Waals surface area contributed by atoms with E-state index in [4.69, 9.17) is 19.3 Å². The number of nitrogens with zero attached hydrogens (tertiary/aromatic N) is 1. The van der Waals surface area contributed by atoms with Crippen molar-refractivity contribution in [3.8, 4) is 0 Å². The van der Waals surface area contributed by atoms with Gasteiger partial charge in [-0.25, -0.2) is 4.79 Å². The molecule has 40 heavy (non-hydrogen) atoms. The molecular formula is C31H52NO8+. The van der Waals surface area contributed by atoms with Crippen molar-refractivity contribution < 1.29 is 43.3 Å². The van der Waals surface area contributed by atoms with E-state index in [1.54, 1.807) is 0 Å². The van der Waals surface area contributed by atoms with Crippen LogP contribution in [0, 0.1) is 0 Å². The Hall–Kier alpha value is -2.91. The summed E-state index contributed by atoms with van der Waals surface area (Å²) >= 11 is 0. The van der Waals surface area contributed by atoms with Gasteiger partial charge in [-0.05, 0) is 44.9 Å². The van der Waals surface area contributed by atoms with Crippen molar-refractivity contribution >= 4 is 18.1 Å². The van der Waals surface area contributed by atoms with Crippen molar-refractivity contribution in [1.29, 1.82) is 0 Å². The van der Waals surface area contributed by atoms with E-state index in [0.717, 1.165) is 25.7 Å². The largest absolute Gasteiger partial charge is 0.508 e. The number of likely N-dealkylation sites (N-methyl/N-ethyl adjacent to an activating group) is 1. The third-order valence-corrected chi connectivity index (χ3v) is 5.51. The predicted octanol–water partition coefficient (Wildman–Crippen LogP) is 5.74. The highest BCUT2D eigenvalue weighted by Gasteiger charge is 2.26. The van der Waals surface area contributed by atoms with Gasteiger partial charge >= 0.3 is 18.1 Å². The van der Waals surface area contributed by atoms with Gasteiger partial charge in [0.1, 0.15) is 13.2 Å². The van der Waals surface area contributed by atoms with Crippen LogP contribution in [0.25, 0.3) is 0 Å². The maximum absolute atomic E-state index is 12.1. The maximum atomic E-state index is 12.1. The number of rotatable bonds is 23. The molecule has 2 unspecified atom stereocenters. The number of hydrogen-bond donors (Lipinski definition) is 2. The average molecular weight is 567 g/mol. The number of ether oxygens (including phenoxy) is 3. The summed E-state index contributed by atoms with van der Waals surface area (Å²) in [4.78, 5) is 35.1. The lowest BCUT2D eigenvalue weighted by molar-refractivity contribution is -0.873. The topological polar surface area (TPSA) is 119 Å². The van der Waals surface area contributed by atoms with Crippen LogP contribution in [0.1, 0.15) is 77.6 Å². The zero-order valence-corrected chi connectivity index (χ0v) is 25.0. The van der Waals surface area contributed by atoms with Crippen LogP contribution in [-0.2, 0) is 23.8 Å². The number of aliphatic hydroxyl groups is 1. The minimum atomic E-state index is -1.10. The SMILES string of the molecule is CCCCC/C=C\C/C=C\C/C=C\C/C=C\CCCC(=O)OC(CO)COC(=O)OC(CC(=O)O)C[N+](C)(C)C. The van der Waals surface area contributed by atoms with E-state index < -0.39 is 36.9 Å². The molecule has 0 spiro atoms. The molecule has 9 heteroatoms. The Morgan fingerprint density at radius 2 is 1.32 bits per heavy atom. The molecule has 0 aromatic heterocycles. The molecule has 0 heterocycles. The fourth-order valence-electron chi connectivity index (χ4n) is 3.57. The molecule has 0 saturated heterocycles. The fourth-order valence-corrected chi connectivity index (χ4v) is 3.57. The number of unbranched alkanes of at least 4 members (excludes halogenated alkanes) is 4. The van der Waals surface area contributed by atoms with Crippen LogP contribution in [0.5, 0.6) is 0 Å². The molecule has 0 aromatic carbocycles. The van der Waals surface area contributed by atoms with Crippen molar-refractivity contribution in [3.05, 3.63) is 48.6 Å². The van der Waals surface area contributed by atoms with E-state index in [1.165, 1.54) is 25.7 Å². The average Bonchev–Trinajstić information content (AvgIpc) is 2.86. The number of carbonyl (C=O) groups is 3. The van der Waals surface area contributed by atoms with E-state index in [1.807, 2.05) is 27.2 Å². The number of aliphatic hydroxyl groups excluding tert-OH is 1. The standard InChI is InChI=1S/C31H51NO8/c1-5-6-7-8-9-10-11-12-13-14-15-16-17-18-19-20-21-22-30(36)39-28(25-33)26-38-31(37)40-27(23-29(34)35)24-32(2,3)4/h9-10,12-13,15-16,18-19,27-28,33H,5-8,11,14,17,20-26H2,1-4H3/p+1/b10-9-,13-12-,16-15-,19-18-. The van der Waals surface area contributed by atoms with Gasteiger partial charge in [0, 0.05) is 6.42 Å². The number of hydrogen-bond acceptors (Lipinski definition) is 7. The van der Waals surface area contributed by atoms with Crippen LogP contribution in [0.3, 0.4) is 0 Å². The predicted molar refractivity (Wildman–Crippen MR) is 157 cm³/mol. The first-order chi connectivity index (χ1) is 19.1. The number of esters is 1. The summed E-state index contributed by atoms with van der Waals surface area (Å²) in [5.41, 5.74) is 0. The monoisotopic (exact) mass is 566 g/mol. The van der Waals surface area contributed by atoms with Crippen molar-refractivity contribution in [2.45, 2.75) is 89.8 Å². The van der Waals surface area contributed by atoms with Crippen molar-refractivity contribution in [2.75, 3.05) is 40.9 Å². The summed E-state index contributed by atoms with van der Waals surface area (Å²) in [5.74, 6) is -1.60. The molecule has 0 aliphatic heterocycles. The molecule has 2 N–H and O–H groups in total. The Labute approximate surface area is 240 Å². The molecule has 0 amide bonds. The second kappa shape index (κ2) is 23.9. The van der Waals surface area contributed by atoms with Crippen molar-refractivity contribution in [1.82, 2.24) is 0 Å². The van der Waals surface area contributed by atoms with E-state index in [-0.39, 0.29) is 26.0 Å². The van der Waals surface area contributed by atoms with Gasteiger partial charge < -0.3 is 28.9 Å². The van der Waals surface area contributed by atoms with Gasteiger partial charge in [0.05, 0.1) is 34.2 Å². The van der Waals surface area contributed by atoms with Gasteiger partial charge in [-0.1, -0.05) is 68.4 Å². The van der Waals surface area contributed by atoms with Crippen LogP contribution in [0.4, 0.5) is 4.79 Å². The summed E-state index contributed by atoms with van der Waals surface area (Å²) in [7, 11) is 5.52. The number of carboxylic acid groups (broad SMARTS) is 1. The van der Waals surface area contributed by atoms with E-state index in [9.17, 15) is 19.5 Å². The summed E-state index contributed by atoms with van der Waals surface area (Å²) in [6.45, 7) is 1.59. The highest BCUT2D eigenvalue weighted by Crippen LogP contribution is 2.08. The number of carboxylic acids is 1. The van der Waals surface area contributed by atoms with Gasteiger partial charge in [0.2, 0.25) is 0 Å². The highest BCUT2D eigenvalue weighted by molar-refractivity contribution is 5.69. The first-order valence-electron chi connectivity index (χ1n) is 14.3. The Morgan fingerprint density at radius 1 is 0.775 bits per heavy atom. The molecule has 0 rings (SSSR count). The van der Waals surface area contributed by atoms with Gasteiger partial charge in [-0.2, -0.15) is 0 Å². The first-order valence-corrected chi connectivity index (χ1v) is 14.3. The molecular weight excluding hydrogens is 514 g/mol. The van der Waals surface area contributed by atoms with Crippen LogP contribution in [0.15, 0.2) is 48.6 Å². The van der Waals surface area contributed by atoms with Gasteiger partial charge in [0.15, 0.2) is 12.2 Å². The molecule has 0 aromatic rings. The Balaban J connectivity index is 4.07. The summed E-state index contributed by atoms with van der Waals surface area (Å²) in [6.07, 6.45) is 23.0. The fraction of sp³-hybridized carbons (Fsp3) is 0.645. The van der Waals surface area contributed by atoms with E-state index >= 15 is 0 Å². The van der Waals surface area contributed by atoms with Gasteiger partial charge in [-0.3, -0.25) is 9.59 Å². The molecule has 9 nitrogen and oxygen atoms in total. The number of quaternary nitrogens is 1. The van der Waals surface area contributed by atoms with Crippen LogP contribution < -0.4 is 0 Å². The smallest absolute Gasteiger partial charge is 0.481 e. The molecule has 0 bridgehead atoms. The van der Waals surface area contributed by atoms with Gasteiger partial charge in [-0.15, -0.1) is 0 Å². The lowest BCUT2D eigenvalue weighted by atomic mass is 10.2. The number of carbonyl (C=O) groups excluding carboxylic acids is 2. The third-order valence-electron chi connectivity index (χ3n) is 5.51. The first kappa shape index (κ1) is 37.1. The number of allylic oxidation sites excluding steroid dienone is 8. The minimum absolute atomic E-state index is 0.170. The third kappa shape index (κ3) is 25.4. The van der Waals surface area contributed by atoms with Crippen molar-refractivity contribution in [3.63, 3.8) is 0 Å². The van der Waals surface area contributed by atoms with Crippen LogP contribution in [0.2, 0.25) is 0 Å². The van der Waals surface area contributed by atoms with E-state index in [0.29, 0.717) is 10.9 Å². The second-order valence-corrected chi connectivity index (χ2v) is 10.6. The molecule has 0 aliphatic carbocycles. The lowest BCUT2D eigenvalue weighted by Gasteiger charge is -2.28. The summed E-state index contributed by atoms with van der Waals surface area (Å²) in [6, 6.07) is 0. The molecule has 0 radical (unpaired) electrons. The minimum Gasteiger partial charge on any atom is -0.481 e. The summed E-state index contributed by atoms with van der Waals surface area (Å²) < 4.78 is 15.6. The van der Waals surface area contributed by atoms with Gasteiger partial charge in [0.25, 0.3) is 0 Å². The molecule has 0 fully saturated rings. The Morgan fingerprint density at radius 3 is 1.82 bits per heavy atom. The van der Waals surface area contributed by atoms with Crippen LogP contribution in [-0.4, -0.2) is 85.9 Å². The zero-order valence-electron chi connectivity index (χ0n) is 25.0.